The highest BCUT2D eigenvalue weighted by molar-refractivity contribution is 7.22. The van der Waals surface area contributed by atoms with Gasteiger partial charge in [0.1, 0.15) is 11.6 Å². The van der Waals surface area contributed by atoms with E-state index in [4.69, 9.17) is 5.73 Å². The van der Waals surface area contributed by atoms with E-state index in [0.29, 0.717) is 32.9 Å². The molecule has 0 saturated heterocycles. The number of carbonyl (C=O) groups is 1. The second-order valence-electron chi connectivity index (χ2n) is 6.38. The van der Waals surface area contributed by atoms with Crippen molar-refractivity contribution in [2.24, 2.45) is 0 Å². The monoisotopic (exact) mass is 396 g/mol. The lowest BCUT2D eigenvalue weighted by atomic mass is 10.1. The number of aromatic amines is 1. The summed E-state index contributed by atoms with van der Waals surface area (Å²) in [5, 5.41) is 3.48. The molecule has 0 atom stereocenters. The molecule has 2 aromatic heterocycles. The molecule has 0 unspecified atom stereocenters. The van der Waals surface area contributed by atoms with Crippen molar-refractivity contribution in [1.82, 2.24) is 0 Å². The molecule has 0 radical (unpaired) electrons. The van der Waals surface area contributed by atoms with Crippen LogP contribution < -0.4 is 16.0 Å². The zero-order valence-corrected chi connectivity index (χ0v) is 15.7. The minimum atomic E-state index is -0.434. The Kier molecular flexibility index (Phi) is 4.52. The highest BCUT2D eigenvalue weighted by Crippen LogP contribution is 2.37. The van der Waals surface area contributed by atoms with Crippen molar-refractivity contribution in [2.75, 3.05) is 11.1 Å². The number of thiophene rings is 1. The maximum atomic E-state index is 13.6. The Bertz CT molecular complexity index is 1200. The lowest BCUT2D eigenvalue weighted by Gasteiger charge is -2.10. The summed E-state index contributed by atoms with van der Waals surface area (Å²) in [4.78, 5) is 17.6. The zero-order valence-electron chi connectivity index (χ0n) is 14.8. The SMILES string of the molecule is Cc1ccc(F)cc1NC(=O)c1c(-c2ccc(F)cc2)sc2[nH+]c(N)ccc12. The lowest BCUT2D eigenvalue weighted by Crippen LogP contribution is -2.14. The molecule has 2 aromatic carbocycles. The topological polar surface area (TPSA) is 69.3 Å². The van der Waals surface area contributed by atoms with Gasteiger partial charge in [-0.05, 0) is 48.4 Å². The molecule has 4 rings (SSSR count). The number of pyridine rings is 1. The summed E-state index contributed by atoms with van der Waals surface area (Å²) in [7, 11) is 0. The third-order valence-electron chi connectivity index (χ3n) is 4.41. The lowest BCUT2D eigenvalue weighted by molar-refractivity contribution is -0.323. The number of H-pyrrole nitrogens is 1. The molecule has 0 spiro atoms. The molecule has 0 aliphatic heterocycles. The fourth-order valence-corrected chi connectivity index (χ4v) is 4.20. The van der Waals surface area contributed by atoms with E-state index in [1.165, 1.54) is 35.6 Å². The Morgan fingerprint density at radius 2 is 1.75 bits per heavy atom. The normalized spacial score (nSPS) is 11.0. The maximum Gasteiger partial charge on any atom is 0.271 e. The zero-order chi connectivity index (χ0) is 19.8. The molecule has 140 valence electrons. The van der Waals surface area contributed by atoms with Gasteiger partial charge in [0.05, 0.1) is 10.4 Å². The van der Waals surface area contributed by atoms with Crippen LogP contribution in [0.4, 0.5) is 20.3 Å². The minimum absolute atomic E-state index is 0.359. The highest BCUT2D eigenvalue weighted by atomic mass is 32.1. The van der Waals surface area contributed by atoms with Crippen molar-refractivity contribution < 1.29 is 18.6 Å². The van der Waals surface area contributed by atoms with E-state index in [0.717, 1.165) is 10.4 Å². The standard InChI is InChI=1S/C21H15F2N3OS/c1-11-2-5-14(23)10-16(11)25-20(27)18-15-8-9-17(24)26-21(15)28-19(18)12-3-6-13(22)7-4-12/h2-10H,1H3,(H2,24,26)(H,25,27)/p+1. The van der Waals surface area contributed by atoms with E-state index in [9.17, 15) is 13.6 Å². The largest absolute Gasteiger partial charge is 0.322 e. The second kappa shape index (κ2) is 7.01. The van der Waals surface area contributed by atoms with Gasteiger partial charge >= 0.3 is 0 Å². The third kappa shape index (κ3) is 3.32. The number of anilines is 2. The summed E-state index contributed by atoms with van der Waals surface area (Å²) >= 11 is 1.35. The number of aromatic nitrogens is 1. The van der Waals surface area contributed by atoms with Gasteiger partial charge in [-0.1, -0.05) is 29.5 Å². The van der Waals surface area contributed by atoms with E-state index in [1.54, 1.807) is 37.3 Å². The highest BCUT2D eigenvalue weighted by Gasteiger charge is 2.23. The van der Waals surface area contributed by atoms with E-state index in [-0.39, 0.29) is 11.7 Å². The molecule has 4 nitrogen and oxygen atoms in total. The Balaban J connectivity index is 1.86. The van der Waals surface area contributed by atoms with E-state index in [1.807, 2.05) is 0 Å². The number of hydrogen-bond acceptors (Lipinski definition) is 3. The predicted octanol–water partition coefficient (Wildman–Crippen LogP) is 4.80. The van der Waals surface area contributed by atoms with Crippen LogP contribution >= 0.6 is 11.3 Å². The summed E-state index contributed by atoms with van der Waals surface area (Å²) in [6, 6.07) is 13.6. The van der Waals surface area contributed by atoms with Crippen molar-refractivity contribution >= 4 is 39.0 Å². The number of fused-ring (bicyclic) bond motifs is 1. The van der Waals surface area contributed by atoms with Crippen molar-refractivity contribution in [2.45, 2.75) is 6.92 Å². The molecular weight excluding hydrogens is 380 g/mol. The van der Waals surface area contributed by atoms with Crippen LogP contribution in [0.2, 0.25) is 0 Å². The van der Waals surface area contributed by atoms with Gasteiger partial charge in [0, 0.05) is 17.1 Å². The number of rotatable bonds is 3. The molecule has 2 heterocycles. The van der Waals surface area contributed by atoms with Crippen LogP contribution in [0.1, 0.15) is 15.9 Å². The molecule has 0 bridgehead atoms. The van der Waals surface area contributed by atoms with Crippen LogP contribution in [0.5, 0.6) is 0 Å². The maximum absolute atomic E-state index is 13.6. The molecule has 28 heavy (non-hydrogen) atoms. The molecule has 0 aliphatic rings. The Morgan fingerprint density at radius 1 is 1.04 bits per heavy atom. The van der Waals surface area contributed by atoms with Crippen LogP contribution in [0.25, 0.3) is 20.7 Å². The predicted molar refractivity (Wildman–Crippen MR) is 107 cm³/mol. The molecule has 7 heteroatoms. The van der Waals surface area contributed by atoms with Gasteiger partial charge in [-0.2, -0.15) is 0 Å². The summed E-state index contributed by atoms with van der Waals surface area (Å²) in [6.45, 7) is 1.79. The van der Waals surface area contributed by atoms with Crippen LogP contribution in [-0.2, 0) is 0 Å². The summed E-state index contributed by atoms with van der Waals surface area (Å²) in [6.07, 6.45) is 0. The second-order valence-corrected chi connectivity index (χ2v) is 7.40. The number of benzene rings is 2. The molecule has 0 saturated carbocycles. The van der Waals surface area contributed by atoms with Gasteiger partial charge in [-0.3, -0.25) is 10.5 Å². The summed E-state index contributed by atoms with van der Waals surface area (Å²) in [5.41, 5.74) is 8.11. The quantitative estimate of drug-likeness (QED) is 0.522. The molecule has 0 aliphatic carbocycles. The Hall–Kier alpha value is -3.32. The number of halogens is 2. The average Bonchev–Trinajstić information content (AvgIpc) is 3.03. The van der Waals surface area contributed by atoms with Crippen molar-refractivity contribution in [3.63, 3.8) is 0 Å². The first-order chi connectivity index (χ1) is 13.4. The smallest absolute Gasteiger partial charge is 0.271 e. The molecule has 4 aromatic rings. The number of aryl methyl sites for hydroxylation is 1. The first-order valence-corrected chi connectivity index (χ1v) is 9.32. The molecule has 1 amide bonds. The number of carbonyl (C=O) groups excluding carboxylic acids is 1. The number of nitrogens with one attached hydrogen (secondary N) is 2. The van der Waals surface area contributed by atoms with Crippen LogP contribution in [0, 0.1) is 18.6 Å². The van der Waals surface area contributed by atoms with Gasteiger partial charge in [-0.25, -0.2) is 13.8 Å². The van der Waals surface area contributed by atoms with Gasteiger partial charge in [0.15, 0.2) is 4.83 Å². The number of amides is 1. The van der Waals surface area contributed by atoms with E-state index >= 15 is 0 Å². The van der Waals surface area contributed by atoms with Gasteiger partial charge in [-0.15, -0.1) is 0 Å². The average molecular weight is 396 g/mol. The first kappa shape index (κ1) is 18.1. The summed E-state index contributed by atoms with van der Waals surface area (Å²) < 4.78 is 27.0. The van der Waals surface area contributed by atoms with Gasteiger partial charge in [0.2, 0.25) is 0 Å². The number of nitrogen functional groups attached to an aromatic ring is 1. The molecular formula is C21H16F2N3OS+. The molecule has 0 fully saturated rings. The first-order valence-electron chi connectivity index (χ1n) is 8.50. The van der Waals surface area contributed by atoms with Crippen molar-refractivity contribution in [1.29, 1.82) is 0 Å². The van der Waals surface area contributed by atoms with Crippen molar-refractivity contribution in [3.8, 4) is 10.4 Å². The van der Waals surface area contributed by atoms with Gasteiger partial charge in [0.25, 0.3) is 11.7 Å². The van der Waals surface area contributed by atoms with Crippen LogP contribution in [-0.4, -0.2) is 5.91 Å². The molecule has 4 N–H and O–H groups in total. The Labute approximate surface area is 163 Å². The summed E-state index contributed by atoms with van der Waals surface area (Å²) in [5.74, 6) is -0.706. The van der Waals surface area contributed by atoms with E-state index < -0.39 is 5.82 Å². The van der Waals surface area contributed by atoms with Crippen LogP contribution in [0.3, 0.4) is 0 Å². The van der Waals surface area contributed by atoms with Crippen molar-refractivity contribution in [3.05, 3.63) is 77.4 Å². The minimum Gasteiger partial charge on any atom is -0.322 e. The van der Waals surface area contributed by atoms with Gasteiger partial charge < -0.3 is 5.32 Å². The fourth-order valence-electron chi connectivity index (χ4n) is 2.99. The Morgan fingerprint density at radius 3 is 2.50 bits per heavy atom. The third-order valence-corrected chi connectivity index (χ3v) is 5.58. The van der Waals surface area contributed by atoms with Crippen LogP contribution in [0.15, 0.2) is 54.6 Å². The fraction of sp³-hybridized carbons (Fsp3) is 0.0476. The van der Waals surface area contributed by atoms with E-state index in [2.05, 4.69) is 10.3 Å². The number of nitrogens with two attached hydrogens (primary N) is 1. The number of hydrogen-bond donors (Lipinski definition) is 2.